The first kappa shape index (κ1) is 4.39. The van der Waals surface area contributed by atoms with Crippen molar-refractivity contribution in [3.05, 3.63) is 16.9 Å². The van der Waals surface area contributed by atoms with Crippen molar-refractivity contribution in [3.63, 3.8) is 0 Å². The number of hydrogen-bond acceptors (Lipinski definition) is 2. The van der Waals surface area contributed by atoms with Crippen molar-refractivity contribution >= 4 is 12.2 Å². The first-order valence-corrected chi connectivity index (χ1v) is 2.22. The quantitative estimate of drug-likeness (QED) is 0.376. The van der Waals surface area contributed by atoms with E-state index in [0.717, 1.165) is 0 Å². The second-order valence-electron chi connectivity index (χ2n) is 1.20. The molecule has 0 aromatic carbocycles. The molecule has 0 spiro atoms. The summed E-state index contributed by atoms with van der Waals surface area (Å²) in [7, 11) is 0. The Morgan fingerprint density at radius 1 is 1.86 bits per heavy atom. The number of H-pyrrole nitrogens is 1. The number of aromatic amines is 1. The highest BCUT2D eigenvalue weighted by molar-refractivity contribution is 7.71. The average molecular weight is 115 g/mol. The number of nitrogens with zero attached hydrogens (tertiary/aromatic N) is 1. The zero-order valence-corrected chi connectivity index (χ0v) is 4.40. The molecule has 0 aliphatic carbocycles. The minimum absolute atomic E-state index is 0.655. The molecule has 3 nitrogen and oxygen atoms in total. The molecule has 1 aromatic heterocycles. The summed E-state index contributed by atoms with van der Waals surface area (Å²) in [5, 5.41) is 2.65. The Morgan fingerprint density at radius 2 is 2.57 bits per heavy atom. The first-order valence-electron chi connectivity index (χ1n) is 1.82. The summed E-state index contributed by atoms with van der Waals surface area (Å²) in [6.07, 6.45) is 1.66. The van der Waals surface area contributed by atoms with Crippen LogP contribution >= 0.6 is 12.2 Å². The van der Waals surface area contributed by atoms with E-state index in [2.05, 4.69) is 17.3 Å². The number of rotatable bonds is 0. The van der Waals surface area contributed by atoms with E-state index in [1.54, 1.807) is 12.3 Å². The van der Waals surface area contributed by atoms with Gasteiger partial charge in [0.05, 0.1) is 0 Å². The van der Waals surface area contributed by atoms with E-state index in [1.165, 1.54) is 4.79 Å². The van der Waals surface area contributed by atoms with Gasteiger partial charge in [-0.2, -0.15) is 0 Å². The third kappa shape index (κ3) is 0.806. The smallest absolute Gasteiger partial charge is 0.121 e. The molecule has 1 aromatic rings. The van der Waals surface area contributed by atoms with Gasteiger partial charge in [-0.3, -0.25) is 5.10 Å². The highest BCUT2D eigenvalue weighted by Gasteiger charge is 1.74. The summed E-state index contributed by atoms with van der Waals surface area (Å²) >= 11 is 4.68. The first-order chi connectivity index (χ1) is 3.29. The van der Waals surface area contributed by atoms with Gasteiger partial charge in [0.2, 0.25) is 0 Å². The topological polar surface area (TPSA) is 46.7 Å². The van der Waals surface area contributed by atoms with Crippen molar-refractivity contribution in [2.45, 2.75) is 0 Å². The molecule has 0 atom stereocenters. The predicted octanol–water partition coefficient (Wildman–Crippen LogP) is 0.259. The fraction of sp³-hybridized carbons (Fsp3) is 0. The molecule has 0 aliphatic heterocycles. The van der Waals surface area contributed by atoms with E-state index >= 15 is 0 Å². The van der Waals surface area contributed by atoms with Crippen molar-refractivity contribution in [2.75, 3.05) is 5.84 Å². The molecule has 0 unspecified atom stereocenters. The van der Waals surface area contributed by atoms with Gasteiger partial charge in [0.1, 0.15) is 4.64 Å². The molecule has 0 amide bonds. The molecule has 0 saturated heterocycles. The van der Waals surface area contributed by atoms with Gasteiger partial charge >= 0.3 is 0 Å². The van der Waals surface area contributed by atoms with Crippen LogP contribution in [0.25, 0.3) is 0 Å². The summed E-state index contributed by atoms with van der Waals surface area (Å²) in [6, 6.07) is 1.72. The van der Waals surface area contributed by atoms with E-state index in [9.17, 15) is 0 Å². The fourth-order valence-electron chi connectivity index (χ4n) is 0.350. The van der Waals surface area contributed by atoms with Gasteiger partial charge in [0, 0.05) is 6.20 Å². The van der Waals surface area contributed by atoms with Crippen LogP contribution in [-0.2, 0) is 0 Å². The van der Waals surface area contributed by atoms with Gasteiger partial charge in [0.15, 0.2) is 0 Å². The van der Waals surface area contributed by atoms with Crippen molar-refractivity contribution in [1.82, 2.24) is 9.89 Å². The van der Waals surface area contributed by atoms with Gasteiger partial charge in [-0.05, 0) is 6.07 Å². The lowest BCUT2D eigenvalue weighted by Gasteiger charge is -1.82. The third-order valence-corrected chi connectivity index (χ3v) is 0.853. The van der Waals surface area contributed by atoms with Crippen LogP contribution in [-0.4, -0.2) is 9.89 Å². The maximum Gasteiger partial charge on any atom is 0.121 e. The number of hydrogen-bond donors (Lipinski definition) is 2. The third-order valence-electron chi connectivity index (χ3n) is 0.626. The van der Waals surface area contributed by atoms with E-state index < -0.39 is 0 Å². The Kier molecular flexibility index (Phi) is 0.867. The molecule has 38 valence electrons. The largest absolute Gasteiger partial charge is 0.325 e. The van der Waals surface area contributed by atoms with Crippen LogP contribution in [0.15, 0.2) is 12.3 Å². The Morgan fingerprint density at radius 3 is 2.71 bits per heavy atom. The number of nitrogen functional groups attached to an aromatic ring is 1. The molecule has 0 fully saturated rings. The zero-order chi connectivity index (χ0) is 5.28. The second-order valence-corrected chi connectivity index (χ2v) is 1.64. The van der Waals surface area contributed by atoms with Crippen LogP contribution in [0.5, 0.6) is 0 Å². The fourth-order valence-corrected chi connectivity index (χ4v) is 0.516. The molecule has 0 aliphatic rings. The molecule has 1 heterocycles. The Labute approximate surface area is 45.7 Å². The van der Waals surface area contributed by atoms with Gasteiger partial charge in [-0.1, -0.05) is 12.2 Å². The molecular formula is C3H5N3S. The number of aromatic nitrogens is 2. The zero-order valence-electron chi connectivity index (χ0n) is 3.59. The minimum atomic E-state index is 0.655. The minimum Gasteiger partial charge on any atom is -0.325 e. The molecule has 1 rings (SSSR count). The van der Waals surface area contributed by atoms with Gasteiger partial charge in [0.25, 0.3) is 0 Å². The molecule has 7 heavy (non-hydrogen) atoms. The second kappa shape index (κ2) is 1.38. The van der Waals surface area contributed by atoms with Crippen LogP contribution in [0.2, 0.25) is 0 Å². The summed E-state index contributed by atoms with van der Waals surface area (Å²) < 4.78 is 0.655. The van der Waals surface area contributed by atoms with Crippen LogP contribution in [0.1, 0.15) is 0 Å². The van der Waals surface area contributed by atoms with Gasteiger partial charge in [-0.15, -0.1) is 0 Å². The highest BCUT2D eigenvalue weighted by atomic mass is 32.1. The van der Waals surface area contributed by atoms with Crippen LogP contribution in [0.3, 0.4) is 0 Å². The standard InChI is InChI=1S/C3H5N3S/c4-6-2-1-3(7)5-6/h1-2H,4H2,(H,5,7). The molecule has 0 bridgehead atoms. The monoisotopic (exact) mass is 115 g/mol. The lowest BCUT2D eigenvalue weighted by Crippen LogP contribution is -2.07. The lowest BCUT2D eigenvalue weighted by atomic mass is 10.8. The predicted molar refractivity (Wildman–Crippen MR) is 29.8 cm³/mol. The Balaban J connectivity index is 3.30. The summed E-state index contributed by atoms with van der Waals surface area (Å²) in [5.74, 6) is 5.17. The summed E-state index contributed by atoms with van der Waals surface area (Å²) in [6.45, 7) is 0. The van der Waals surface area contributed by atoms with Crippen LogP contribution < -0.4 is 5.84 Å². The van der Waals surface area contributed by atoms with Crippen molar-refractivity contribution in [1.29, 1.82) is 0 Å². The van der Waals surface area contributed by atoms with Gasteiger partial charge in [-0.25, -0.2) is 4.79 Å². The lowest BCUT2D eigenvalue weighted by molar-refractivity contribution is 0.827. The van der Waals surface area contributed by atoms with Crippen LogP contribution in [0.4, 0.5) is 0 Å². The molecule has 4 heteroatoms. The van der Waals surface area contributed by atoms with E-state index in [-0.39, 0.29) is 0 Å². The SMILES string of the molecule is Nn1ccc(=S)[nH]1. The van der Waals surface area contributed by atoms with Crippen molar-refractivity contribution in [3.8, 4) is 0 Å². The Bertz CT molecular complexity index is 198. The van der Waals surface area contributed by atoms with Gasteiger partial charge < -0.3 is 5.84 Å². The van der Waals surface area contributed by atoms with Crippen molar-refractivity contribution < 1.29 is 0 Å². The summed E-state index contributed by atoms with van der Waals surface area (Å²) in [4.78, 5) is 1.31. The van der Waals surface area contributed by atoms with E-state index in [1.807, 2.05) is 0 Å². The van der Waals surface area contributed by atoms with Crippen molar-refractivity contribution in [2.24, 2.45) is 0 Å². The average Bonchev–Trinajstić information content (AvgIpc) is 1.87. The number of nitrogens with two attached hydrogens (primary N) is 1. The normalized spacial score (nSPS) is 9.14. The molecular weight excluding hydrogens is 110 g/mol. The molecule has 0 radical (unpaired) electrons. The molecule has 0 saturated carbocycles. The Hall–Kier alpha value is -0.770. The maximum atomic E-state index is 5.17. The number of nitrogens with one attached hydrogen (secondary N) is 1. The van der Waals surface area contributed by atoms with E-state index in [4.69, 9.17) is 5.84 Å². The summed E-state index contributed by atoms with van der Waals surface area (Å²) in [5.41, 5.74) is 0. The molecule has 3 N–H and O–H groups in total. The van der Waals surface area contributed by atoms with Crippen LogP contribution in [0, 0.1) is 4.64 Å². The van der Waals surface area contributed by atoms with E-state index in [0.29, 0.717) is 4.64 Å². The highest BCUT2D eigenvalue weighted by Crippen LogP contribution is 1.79. The maximum absolute atomic E-state index is 5.17.